The summed E-state index contributed by atoms with van der Waals surface area (Å²) in [6.45, 7) is 3.56. The van der Waals surface area contributed by atoms with E-state index in [1.165, 1.54) is 6.92 Å². The summed E-state index contributed by atoms with van der Waals surface area (Å²) < 4.78 is 4.73. The Bertz CT molecular complexity index is 180. The van der Waals surface area contributed by atoms with Crippen molar-refractivity contribution >= 4 is 23.4 Å². The summed E-state index contributed by atoms with van der Waals surface area (Å²) in [4.78, 5) is 22.0. The quantitative estimate of drug-likeness (QED) is 0.492. The Balaban J connectivity index is 3.94. The Kier molecular flexibility index (Phi) is 6.59. The van der Waals surface area contributed by atoms with Crippen LogP contribution < -0.4 is 0 Å². The molecule has 4 heteroatoms. The van der Waals surface area contributed by atoms with Crippen molar-refractivity contribution < 1.29 is 14.3 Å². The van der Waals surface area contributed by atoms with Gasteiger partial charge in [-0.2, -0.15) is 0 Å². The fourth-order valence-corrected chi connectivity index (χ4v) is 1.27. The molecule has 0 spiro atoms. The lowest BCUT2D eigenvalue weighted by Gasteiger charge is -2.10. The van der Waals surface area contributed by atoms with Gasteiger partial charge in [-0.15, -0.1) is 11.6 Å². The first-order valence-electron chi connectivity index (χ1n) is 4.33. The highest BCUT2D eigenvalue weighted by Crippen LogP contribution is 2.11. The van der Waals surface area contributed by atoms with Gasteiger partial charge >= 0.3 is 5.97 Å². The van der Waals surface area contributed by atoms with Gasteiger partial charge in [0.15, 0.2) is 0 Å². The second-order valence-electron chi connectivity index (χ2n) is 2.79. The van der Waals surface area contributed by atoms with Gasteiger partial charge in [0.2, 0.25) is 0 Å². The van der Waals surface area contributed by atoms with E-state index in [-0.39, 0.29) is 24.1 Å². The van der Waals surface area contributed by atoms with E-state index < -0.39 is 0 Å². The fraction of sp³-hybridized carbons (Fsp3) is 0.778. The van der Waals surface area contributed by atoms with Crippen LogP contribution in [0, 0.1) is 5.92 Å². The van der Waals surface area contributed by atoms with Gasteiger partial charge in [0.05, 0.1) is 13.0 Å². The molecule has 0 N–H and O–H groups in total. The topological polar surface area (TPSA) is 43.4 Å². The smallest absolute Gasteiger partial charge is 0.306 e. The number of halogens is 1. The molecule has 0 radical (unpaired) electrons. The third-order valence-electron chi connectivity index (χ3n) is 1.75. The van der Waals surface area contributed by atoms with E-state index in [2.05, 4.69) is 0 Å². The lowest BCUT2D eigenvalue weighted by Crippen LogP contribution is -2.18. The number of hydrogen-bond acceptors (Lipinski definition) is 3. The molecule has 0 aromatic carbocycles. The number of carbonyl (C=O) groups excluding carboxylic acids is 2. The van der Waals surface area contributed by atoms with Gasteiger partial charge < -0.3 is 4.74 Å². The predicted molar refractivity (Wildman–Crippen MR) is 50.8 cm³/mol. The van der Waals surface area contributed by atoms with Gasteiger partial charge in [0.1, 0.15) is 5.78 Å². The third kappa shape index (κ3) is 5.64. The highest BCUT2D eigenvalue weighted by atomic mass is 35.5. The van der Waals surface area contributed by atoms with Crippen LogP contribution in [0.1, 0.15) is 26.7 Å². The van der Waals surface area contributed by atoms with E-state index in [0.717, 1.165) is 0 Å². The molecule has 3 nitrogen and oxygen atoms in total. The number of rotatable bonds is 6. The molecule has 0 aliphatic rings. The van der Waals surface area contributed by atoms with Crippen LogP contribution in [0.5, 0.6) is 0 Å². The van der Waals surface area contributed by atoms with Crippen molar-refractivity contribution in [3.63, 3.8) is 0 Å². The third-order valence-corrected chi connectivity index (χ3v) is 1.97. The molecule has 0 amide bonds. The Hall–Kier alpha value is -0.570. The molecule has 0 aliphatic carbocycles. The maximum atomic E-state index is 11.0. The van der Waals surface area contributed by atoms with Crippen LogP contribution in [0.4, 0.5) is 0 Å². The number of carbonyl (C=O) groups is 2. The van der Waals surface area contributed by atoms with Crippen LogP contribution in [-0.2, 0) is 14.3 Å². The molecular formula is C9H15ClO3. The van der Waals surface area contributed by atoms with Crippen molar-refractivity contribution in [2.45, 2.75) is 26.7 Å². The van der Waals surface area contributed by atoms with Crippen LogP contribution in [0.25, 0.3) is 0 Å². The van der Waals surface area contributed by atoms with Crippen LogP contribution >= 0.6 is 11.6 Å². The molecule has 0 bridgehead atoms. The lowest BCUT2D eigenvalue weighted by atomic mass is 9.98. The van der Waals surface area contributed by atoms with E-state index in [4.69, 9.17) is 16.3 Å². The summed E-state index contributed by atoms with van der Waals surface area (Å²) in [6.07, 6.45) is 0.686. The van der Waals surface area contributed by atoms with Crippen LogP contribution in [0.2, 0.25) is 0 Å². The van der Waals surface area contributed by atoms with Crippen LogP contribution in [-0.4, -0.2) is 24.2 Å². The minimum Gasteiger partial charge on any atom is -0.466 e. The van der Waals surface area contributed by atoms with Gasteiger partial charge in [0.25, 0.3) is 0 Å². The van der Waals surface area contributed by atoms with Gasteiger partial charge in [-0.05, 0) is 20.3 Å². The summed E-state index contributed by atoms with van der Waals surface area (Å²) >= 11 is 5.50. The highest BCUT2D eigenvalue weighted by molar-refractivity contribution is 6.18. The largest absolute Gasteiger partial charge is 0.466 e. The number of esters is 1. The predicted octanol–water partition coefficient (Wildman–Crippen LogP) is 1.77. The van der Waals surface area contributed by atoms with E-state index in [9.17, 15) is 9.59 Å². The summed E-state index contributed by atoms with van der Waals surface area (Å²) in [5.74, 6) is -0.220. The molecule has 76 valence electrons. The molecule has 0 heterocycles. The van der Waals surface area contributed by atoms with Gasteiger partial charge in [-0.1, -0.05) is 0 Å². The number of Topliss-reactive ketones (excluding diaryl/α,β-unsaturated/α-hetero) is 1. The van der Waals surface area contributed by atoms with E-state index in [1.807, 2.05) is 0 Å². The van der Waals surface area contributed by atoms with Crippen LogP contribution in [0.15, 0.2) is 0 Å². The average molecular weight is 207 g/mol. The number of alkyl halides is 1. The lowest BCUT2D eigenvalue weighted by molar-refractivity contribution is -0.145. The Morgan fingerprint density at radius 1 is 1.46 bits per heavy atom. The monoisotopic (exact) mass is 206 g/mol. The number of ketones is 1. The molecule has 1 unspecified atom stereocenters. The SMILES string of the molecule is CCOC(=O)CC(CCCl)C(C)=O. The van der Waals surface area contributed by atoms with Gasteiger partial charge in [-0.25, -0.2) is 0 Å². The first-order chi connectivity index (χ1) is 6.11. The molecule has 13 heavy (non-hydrogen) atoms. The molecule has 0 fully saturated rings. The zero-order valence-corrected chi connectivity index (χ0v) is 8.76. The summed E-state index contributed by atoms with van der Waals surface area (Å²) in [7, 11) is 0. The first kappa shape index (κ1) is 12.4. The van der Waals surface area contributed by atoms with Crippen LogP contribution in [0.3, 0.4) is 0 Å². The number of ether oxygens (including phenoxy) is 1. The minimum atomic E-state index is -0.326. The zero-order valence-electron chi connectivity index (χ0n) is 8.01. The Labute approximate surface area is 83.4 Å². The van der Waals surface area contributed by atoms with Crippen molar-refractivity contribution in [1.29, 1.82) is 0 Å². The maximum absolute atomic E-state index is 11.0. The second-order valence-corrected chi connectivity index (χ2v) is 3.17. The molecule has 0 rings (SSSR count). The normalized spacial score (nSPS) is 12.2. The second kappa shape index (κ2) is 6.89. The van der Waals surface area contributed by atoms with E-state index >= 15 is 0 Å². The molecule has 0 saturated carbocycles. The Morgan fingerprint density at radius 3 is 2.46 bits per heavy atom. The molecular weight excluding hydrogens is 192 g/mol. The van der Waals surface area contributed by atoms with E-state index in [1.54, 1.807) is 6.92 Å². The van der Waals surface area contributed by atoms with Crippen molar-refractivity contribution in [3.8, 4) is 0 Å². The van der Waals surface area contributed by atoms with Gasteiger partial charge in [0, 0.05) is 11.8 Å². The van der Waals surface area contributed by atoms with Crippen molar-refractivity contribution in [2.24, 2.45) is 5.92 Å². The molecule has 1 atom stereocenters. The Morgan fingerprint density at radius 2 is 2.08 bits per heavy atom. The van der Waals surface area contributed by atoms with Crippen molar-refractivity contribution in [3.05, 3.63) is 0 Å². The summed E-state index contributed by atoms with van der Waals surface area (Å²) in [6, 6.07) is 0. The van der Waals surface area contributed by atoms with Gasteiger partial charge in [-0.3, -0.25) is 9.59 Å². The summed E-state index contributed by atoms with van der Waals surface area (Å²) in [5, 5.41) is 0. The minimum absolute atomic E-state index is 0.00583. The highest BCUT2D eigenvalue weighted by Gasteiger charge is 2.18. The zero-order chi connectivity index (χ0) is 10.3. The van der Waals surface area contributed by atoms with Crippen molar-refractivity contribution in [1.82, 2.24) is 0 Å². The molecule has 0 aliphatic heterocycles. The first-order valence-corrected chi connectivity index (χ1v) is 4.87. The molecule has 0 aromatic rings. The number of hydrogen-bond donors (Lipinski definition) is 0. The fourth-order valence-electron chi connectivity index (χ4n) is 1.00. The molecule has 0 saturated heterocycles. The summed E-state index contributed by atoms with van der Waals surface area (Å²) in [5.41, 5.74) is 0. The standard InChI is InChI=1S/C9H15ClO3/c1-3-13-9(12)6-8(4-5-10)7(2)11/h8H,3-6H2,1-2H3. The maximum Gasteiger partial charge on any atom is 0.306 e. The van der Waals surface area contributed by atoms with E-state index in [0.29, 0.717) is 18.9 Å². The van der Waals surface area contributed by atoms with Crippen molar-refractivity contribution in [2.75, 3.05) is 12.5 Å². The average Bonchev–Trinajstić information content (AvgIpc) is 2.04. The molecule has 0 aromatic heterocycles.